The van der Waals surface area contributed by atoms with Crippen LogP contribution in [0.3, 0.4) is 0 Å². The number of rotatable bonds is 9. The normalized spacial score (nSPS) is 19.8. The molecule has 1 saturated heterocycles. The molecule has 0 radical (unpaired) electrons. The Morgan fingerprint density at radius 3 is 2.84 bits per heavy atom. The molecule has 0 spiro atoms. The lowest BCUT2D eigenvalue weighted by Crippen LogP contribution is -2.30. The smallest absolute Gasteiger partial charge is 0.415 e. The van der Waals surface area contributed by atoms with Crippen LogP contribution in [-0.2, 0) is 27.2 Å². The van der Waals surface area contributed by atoms with Crippen molar-refractivity contribution in [1.82, 2.24) is 20.6 Å². The van der Waals surface area contributed by atoms with Gasteiger partial charge in [-0.3, -0.25) is 14.5 Å². The fraction of sp³-hybridized carbons (Fsp3) is 0.500. The average molecular weight is 525 g/mol. The molecule has 2 aromatic rings. The van der Waals surface area contributed by atoms with Crippen LogP contribution >= 0.6 is 0 Å². The number of anilines is 2. The summed E-state index contributed by atoms with van der Waals surface area (Å²) in [4.78, 5) is 46.0. The monoisotopic (exact) mass is 524 g/mol. The van der Waals surface area contributed by atoms with Crippen LogP contribution in [0.2, 0.25) is 0 Å². The van der Waals surface area contributed by atoms with Crippen molar-refractivity contribution < 1.29 is 28.6 Å². The number of pyridine rings is 2. The summed E-state index contributed by atoms with van der Waals surface area (Å²) in [6, 6.07) is 3.37. The van der Waals surface area contributed by atoms with E-state index in [1.54, 1.807) is 19.2 Å². The van der Waals surface area contributed by atoms with Gasteiger partial charge in [-0.2, -0.15) is 0 Å². The summed E-state index contributed by atoms with van der Waals surface area (Å²) in [6.45, 7) is 5.81. The lowest BCUT2D eigenvalue weighted by molar-refractivity contribution is -0.122. The van der Waals surface area contributed by atoms with Gasteiger partial charge in [0.1, 0.15) is 11.9 Å². The van der Waals surface area contributed by atoms with Crippen molar-refractivity contribution in [3.05, 3.63) is 34.5 Å². The summed E-state index contributed by atoms with van der Waals surface area (Å²) in [5.41, 5.74) is 4.47. The molecule has 2 unspecified atom stereocenters. The first-order chi connectivity index (χ1) is 18.3. The van der Waals surface area contributed by atoms with Crippen molar-refractivity contribution >= 4 is 29.5 Å². The fourth-order valence-corrected chi connectivity index (χ4v) is 5.10. The third-order valence-electron chi connectivity index (χ3n) is 7.13. The number of carbonyl (C=O) groups is 3. The Hall–Kier alpha value is -3.93. The molecule has 2 aliphatic heterocycles. The van der Waals surface area contributed by atoms with Crippen LogP contribution in [0.15, 0.2) is 12.1 Å². The van der Waals surface area contributed by atoms with E-state index in [1.807, 2.05) is 13.8 Å². The van der Waals surface area contributed by atoms with Crippen LogP contribution in [0.5, 0.6) is 11.6 Å². The van der Waals surface area contributed by atoms with Crippen LogP contribution in [-0.4, -0.2) is 73.9 Å². The fourth-order valence-electron chi connectivity index (χ4n) is 5.10. The average Bonchev–Trinajstić information content (AvgIpc) is 3.51. The highest BCUT2D eigenvalue weighted by Crippen LogP contribution is 2.35. The van der Waals surface area contributed by atoms with E-state index in [-0.39, 0.29) is 31.1 Å². The van der Waals surface area contributed by atoms with Gasteiger partial charge in [-0.05, 0) is 75.4 Å². The summed E-state index contributed by atoms with van der Waals surface area (Å²) in [5, 5.41) is 8.72. The molecule has 12 heteroatoms. The lowest BCUT2D eigenvalue weighted by atomic mass is 10.0. The third kappa shape index (κ3) is 5.35. The third-order valence-corrected chi connectivity index (χ3v) is 7.13. The second kappa shape index (κ2) is 10.8. The van der Waals surface area contributed by atoms with Crippen molar-refractivity contribution in [1.29, 1.82) is 0 Å². The number of aryl methyl sites for hydroxylation is 1. The zero-order valence-electron chi connectivity index (χ0n) is 21.8. The molecular formula is C26H32N6O6. The first-order valence-corrected chi connectivity index (χ1v) is 12.8. The standard InChI is InChI=1S/C26H32N6O6/c1-14-18-8-16(9-19(18)15(2)29-25(14)37-12-22(33)27-3)10-28-7-6-17-11-32(26(35)38-17)21-5-4-20-24(30-21)31-23(34)13-36-20/h4-5,16-17,28H,6-13H2,1-3H3,(H,27,33)(H,30,31,34). The molecule has 3 aliphatic rings. The van der Waals surface area contributed by atoms with E-state index in [1.165, 1.54) is 16.0 Å². The lowest BCUT2D eigenvalue weighted by Gasteiger charge is -2.19. The molecule has 2 aromatic heterocycles. The highest BCUT2D eigenvalue weighted by Gasteiger charge is 2.34. The van der Waals surface area contributed by atoms with Gasteiger partial charge < -0.3 is 30.2 Å². The van der Waals surface area contributed by atoms with Crippen LogP contribution < -0.4 is 30.3 Å². The van der Waals surface area contributed by atoms with E-state index in [0.717, 1.165) is 30.6 Å². The van der Waals surface area contributed by atoms with Crippen LogP contribution in [0.1, 0.15) is 28.8 Å². The van der Waals surface area contributed by atoms with E-state index in [9.17, 15) is 14.4 Å². The van der Waals surface area contributed by atoms with Gasteiger partial charge in [-0.1, -0.05) is 0 Å². The number of cyclic esters (lactones) is 1. The maximum Gasteiger partial charge on any atom is 0.415 e. The summed E-state index contributed by atoms with van der Waals surface area (Å²) < 4.78 is 16.5. The predicted octanol–water partition coefficient (Wildman–Crippen LogP) is 1.27. The molecular weight excluding hydrogens is 492 g/mol. The number of likely N-dealkylation sites (N-methyl/N-ethyl adjacent to an activating group) is 1. The Morgan fingerprint density at radius 1 is 1.21 bits per heavy atom. The Kier molecular flexibility index (Phi) is 7.32. The predicted molar refractivity (Wildman–Crippen MR) is 138 cm³/mol. The quantitative estimate of drug-likeness (QED) is 0.413. The van der Waals surface area contributed by atoms with Crippen LogP contribution in [0.4, 0.5) is 16.4 Å². The van der Waals surface area contributed by atoms with Gasteiger partial charge in [-0.25, -0.2) is 14.8 Å². The van der Waals surface area contributed by atoms with Gasteiger partial charge in [0.2, 0.25) is 5.88 Å². The zero-order valence-corrected chi connectivity index (χ0v) is 21.8. The highest BCUT2D eigenvalue weighted by atomic mass is 16.6. The molecule has 1 fully saturated rings. The molecule has 2 atom stereocenters. The van der Waals surface area contributed by atoms with Crippen LogP contribution in [0.25, 0.3) is 0 Å². The van der Waals surface area contributed by atoms with E-state index in [2.05, 4.69) is 25.9 Å². The molecule has 1 aliphatic carbocycles. The van der Waals surface area contributed by atoms with Gasteiger partial charge in [-0.15, -0.1) is 0 Å². The molecule has 5 rings (SSSR count). The first kappa shape index (κ1) is 25.7. The summed E-state index contributed by atoms with van der Waals surface area (Å²) in [7, 11) is 1.58. The van der Waals surface area contributed by atoms with Crippen LogP contribution in [0, 0.1) is 19.8 Å². The summed E-state index contributed by atoms with van der Waals surface area (Å²) in [5.74, 6) is 1.68. The van der Waals surface area contributed by atoms with Crippen molar-refractivity contribution in [2.75, 3.05) is 50.1 Å². The molecule has 0 saturated carbocycles. The number of nitrogens with zero attached hydrogens (tertiary/aromatic N) is 3. The van der Waals surface area contributed by atoms with Crippen molar-refractivity contribution in [2.24, 2.45) is 5.92 Å². The Balaban J connectivity index is 1.10. The number of fused-ring (bicyclic) bond motifs is 2. The van der Waals surface area contributed by atoms with E-state index in [4.69, 9.17) is 14.2 Å². The second-order valence-electron chi connectivity index (χ2n) is 9.78. The Morgan fingerprint density at radius 2 is 2.03 bits per heavy atom. The summed E-state index contributed by atoms with van der Waals surface area (Å²) in [6.07, 6.45) is 1.82. The number of hydrogen-bond donors (Lipinski definition) is 3. The minimum Gasteiger partial charge on any atom is -0.480 e. The van der Waals surface area contributed by atoms with Gasteiger partial charge in [0, 0.05) is 18.3 Å². The minimum atomic E-state index is -0.454. The van der Waals surface area contributed by atoms with Crippen molar-refractivity contribution in [3.8, 4) is 11.6 Å². The molecule has 12 nitrogen and oxygen atoms in total. The topological polar surface area (TPSA) is 144 Å². The van der Waals surface area contributed by atoms with E-state index in [0.29, 0.717) is 48.7 Å². The Labute approximate surface area is 220 Å². The van der Waals surface area contributed by atoms with Gasteiger partial charge in [0.15, 0.2) is 24.8 Å². The number of carbonyl (C=O) groups excluding carboxylic acids is 3. The molecule has 0 bridgehead atoms. The number of hydrogen-bond acceptors (Lipinski definition) is 9. The first-order valence-electron chi connectivity index (χ1n) is 12.8. The number of amides is 3. The van der Waals surface area contributed by atoms with Gasteiger partial charge >= 0.3 is 6.09 Å². The number of ether oxygens (including phenoxy) is 3. The molecule has 202 valence electrons. The number of nitrogens with one attached hydrogen (secondary N) is 3. The van der Waals surface area contributed by atoms with E-state index < -0.39 is 6.09 Å². The van der Waals surface area contributed by atoms with Gasteiger partial charge in [0.05, 0.1) is 6.54 Å². The molecule has 4 heterocycles. The minimum absolute atomic E-state index is 0.0491. The summed E-state index contributed by atoms with van der Waals surface area (Å²) >= 11 is 0. The molecule has 38 heavy (non-hydrogen) atoms. The molecule has 3 amide bonds. The van der Waals surface area contributed by atoms with E-state index >= 15 is 0 Å². The van der Waals surface area contributed by atoms with Gasteiger partial charge in [0.25, 0.3) is 11.8 Å². The van der Waals surface area contributed by atoms with Crippen molar-refractivity contribution in [3.63, 3.8) is 0 Å². The Bertz CT molecular complexity index is 1270. The number of aromatic nitrogens is 2. The molecule has 0 aromatic carbocycles. The maximum absolute atomic E-state index is 12.5. The zero-order chi connectivity index (χ0) is 26.8. The second-order valence-corrected chi connectivity index (χ2v) is 9.78. The highest BCUT2D eigenvalue weighted by molar-refractivity contribution is 5.95. The maximum atomic E-state index is 12.5. The molecule has 3 N–H and O–H groups in total. The van der Waals surface area contributed by atoms with Crippen molar-refractivity contribution in [2.45, 2.75) is 39.2 Å². The largest absolute Gasteiger partial charge is 0.480 e. The SMILES string of the molecule is CNC(=O)COc1nc(C)c2c(c1C)CC(CNCCC1CN(c3ccc4c(n3)NC(=O)CO4)C(=O)O1)C2.